The molecule has 0 amide bonds. The maximum absolute atomic E-state index is 10.7. The first-order valence-corrected chi connectivity index (χ1v) is 4.87. The van der Waals surface area contributed by atoms with Gasteiger partial charge in [0, 0.05) is 7.05 Å². The summed E-state index contributed by atoms with van der Waals surface area (Å²) in [4.78, 5) is 12.3. The van der Waals surface area contributed by atoms with Crippen LogP contribution in [-0.4, -0.2) is 29.8 Å². The Balaban J connectivity index is 2.50. The standard InChI is InChI=1S/C11H12N2O3/c1-7-11-8(13(2)6-10(14)15)4-3-5-9(11)16-12-7/h3-5H,6H2,1-2H3,(H,14,15). The highest BCUT2D eigenvalue weighted by Gasteiger charge is 2.13. The lowest BCUT2D eigenvalue weighted by molar-refractivity contribution is -0.135. The largest absolute Gasteiger partial charge is 0.480 e. The minimum atomic E-state index is -0.867. The van der Waals surface area contributed by atoms with E-state index in [0.29, 0.717) is 5.58 Å². The molecule has 5 heteroatoms. The number of benzene rings is 1. The molecule has 84 valence electrons. The van der Waals surface area contributed by atoms with Crippen LogP contribution in [-0.2, 0) is 4.79 Å². The van der Waals surface area contributed by atoms with Gasteiger partial charge in [-0.1, -0.05) is 11.2 Å². The van der Waals surface area contributed by atoms with E-state index < -0.39 is 5.97 Å². The lowest BCUT2D eigenvalue weighted by atomic mass is 10.1. The number of hydrogen-bond donors (Lipinski definition) is 1. The van der Waals surface area contributed by atoms with E-state index in [1.165, 1.54) is 0 Å². The van der Waals surface area contributed by atoms with Crippen LogP contribution < -0.4 is 4.90 Å². The number of likely N-dealkylation sites (N-methyl/N-ethyl adjacent to an activating group) is 1. The minimum absolute atomic E-state index is 0.0519. The Morgan fingerprint density at radius 1 is 1.56 bits per heavy atom. The monoisotopic (exact) mass is 220 g/mol. The maximum Gasteiger partial charge on any atom is 0.323 e. The quantitative estimate of drug-likeness (QED) is 0.852. The molecule has 0 atom stereocenters. The fourth-order valence-corrected chi connectivity index (χ4v) is 1.73. The normalized spacial score (nSPS) is 10.6. The Hall–Kier alpha value is -2.04. The van der Waals surface area contributed by atoms with Crippen LogP contribution in [0.3, 0.4) is 0 Å². The lowest BCUT2D eigenvalue weighted by Crippen LogP contribution is -2.25. The second kappa shape index (κ2) is 3.84. The van der Waals surface area contributed by atoms with Gasteiger partial charge in [-0.2, -0.15) is 0 Å². The molecule has 0 unspecified atom stereocenters. The van der Waals surface area contributed by atoms with E-state index in [2.05, 4.69) is 5.16 Å². The number of aryl methyl sites for hydroxylation is 1. The molecular formula is C11H12N2O3. The molecule has 16 heavy (non-hydrogen) atoms. The summed E-state index contributed by atoms with van der Waals surface area (Å²) in [7, 11) is 1.73. The Morgan fingerprint density at radius 3 is 3.00 bits per heavy atom. The van der Waals surface area contributed by atoms with Crippen molar-refractivity contribution in [1.82, 2.24) is 5.16 Å². The van der Waals surface area contributed by atoms with Crippen molar-refractivity contribution in [2.45, 2.75) is 6.92 Å². The minimum Gasteiger partial charge on any atom is -0.480 e. The van der Waals surface area contributed by atoms with Gasteiger partial charge in [-0.3, -0.25) is 4.79 Å². The highest BCUT2D eigenvalue weighted by atomic mass is 16.5. The summed E-state index contributed by atoms with van der Waals surface area (Å²) in [6.45, 7) is 1.79. The fraction of sp³-hybridized carbons (Fsp3) is 0.273. The van der Waals surface area contributed by atoms with Gasteiger partial charge in [-0.05, 0) is 19.1 Å². The molecule has 1 aromatic carbocycles. The van der Waals surface area contributed by atoms with Crippen LogP contribution in [0.15, 0.2) is 22.7 Å². The van der Waals surface area contributed by atoms with Crippen LogP contribution in [0.5, 0.6) is 0 Å². The molecule has 1 N–H and O–H groups in total. The third kappa shape index (κ3) is 1.71. The molecule has 0 bridgehead atoms. The topological polar surface area (TPSA) is 66.6 Å². The van der Waals surface area contributed by atoms with E-state index in [1.807, 2.05) is 25.1 Å². The van der Waals surface area contributed by atoms with Gasteiger partial charge in [0.1, 0.15) is 6.54 Å². The second-order valence-electron chi connectivity index (χ2n) is 3.67. The molecule has 0 aliphatic rings. The van der Waals surface area contributed by atoms with E-state index in [-0.39, 0.29) is 6.54 Å². The van der Waals surface area contributed by atoms with Gasteiger partial charge in [0.05, 0.1) is 16.8 Å². The summed E-state index contributed by atoms with van der Waals surface area (Å²) in [5, 5.41) is 13.5. The predicted molar refractivity (Wildman–Crippen MR) is 59.7 cm³/mol. The van der Waals surface area contributed by atoms with Crippen molar-refractivity contribution in [3.63, 3.8) is 0 Å². The number of aliphatic carboxylic acids is 1. The SMILES string of the molecule is Cc1noc2cccc(N(C)CC(=O)O)c12. The van der Waals surface area contributed by atoms with Gasteiger partial charge in [0.25, 0.3) is 0 Å². The smallest absolute Gasteiger partial charge is 0.323 e. The van der Waals surface area contributed by atoms with E-state index in [0.717, 1.165) is 16.8 Å². The van der Waals surface area contributed by atoms with E-state index in [9.17, 15) is 4.79 Å². The summed E-state index contributed by atoms with van der Waals surface area (Å²) < 4.78 is 5.12. The number of aromatic nitrogens is 1. The molecule has 0 aliphatic heterocycles. The molecule has 0 saturated heterocycles. The highest BCUT2D eigenvalue weighted by Crippen LogP contribution is 2.28. The lowest BCUT2D eigenvalue weighted by Gasteiger charge is -2.17. The first kappa shape index (κ1) is 10.5. The van der Waals surface area contributed by atoms with Crippen LogP contribution in [0.25, 0.3) is 11.0 Å². The summed E-state index contributed by atoms with van der Waals surface area (Å²) in [5.41, 5.74) is 2.26. The van der Waals surface area contributed by atoms with Crippen LogP contribution in [0.4, 0.5) is 5.69 Å². The third-order valence-corrected chi connectivity index (χ3v) is 2.43. The summed E-state index contributed by atoms with van der Waals surface area (Å²) in [6, 6.07) is 5.49. The highest BCUT2D eigenvalue weighted by molar-refractivity contribution is 5.93. The molecule has 0 radical (unpaired) electrons. The molecule has 5 nitrogen and oxygen atoms in total. The Kier molecular flexibility index (Phi) is 2.52. The first-order chi connectivity index (χ1) is 7.59. The number of hydrogen-bond acceptors (Lipinski definition) is 4. The number of nitrogens with zero attached hydrogens (tertiary/aromatic N) is 2. The predicted octanol–water partition coefficient (Wildman–Crippen LogP) is 1.66. The van der Waals surface area contributed by atoms with Crippen LogP contribution >= 0.6 is 0 Å². The zero-order valence-electron chi connectivity index (χ0n) is 9.10. The van der Waals surface area contributed by atoms with E-state index in [4.69, 9.17) is 9.63 Å². The van der Waals surface area contributed by atoms with Crippen LogP contribution in [0, 0.1) is 6.92 Å². The number of carboxylic acids is 1. The number of fused-ring (bicyclic) bond motifs is 1. The van der Waals surface area contributed by atoms with Crippen molar-refractivity contribution in [3.05, 3.63) is 23.9 Å². The molecule has 0 fully saturated rings. The van der Waals surface area contributed by atoms with E-state index in [1.54, 1.807) is 11.9 Å². The molecule has 1 heterocycles. The van der Waals surface area contributed by atoms with Gasteiger partial charge in [0.2, 0.25) is 0 Å². The van der Waals surface area contributed by atoms with Gasteiger partial charge < -0.3 is 14.5 Å². The van der Waals surface area contributed by atoms with Crippen LogP contribution in [0.2, 0.25) is 0 Å². The summed E-state index contributed by atoms with van der Waals surface area (Å²) >= 11 is 0. The molecule has 1 aromatic heterocycles. The zero-order valence-corrected chi connectivity index (χ0v) is 9.10. The molecule has 2 rings (SSSR count). The number of carboxylic acid groups (broad SMARTS) is 1. The fourth-order valence-electron chi connectivity index (χ4n) is 1.73. The number of carbonyl (C=O) groups is 1. The molecule has 2 aromatic rings. The van der Waals surface area contributed by atoms with Crippen molar-refractivity contribution in [3.8, 4) is 0 Å². The Bertz CT molecular complexity index is 533. The van der Waals surface area contributed by atoms with Crippen molar-refractivity contribution < 1.29 is 14.4 Å². The van der Waals surface area contributed by atoms with Crippen molar-refractivity contribution in [2.24, 2.45) is 0 Å². The first-order valence-electron chi connectivity index (χ1n) is 4.87. The van der Waals surface area contributed by atoms with Crippen molar-refractivity contribution in [2.75, 3.05) is 18.5 Å². The van der Waals surface area contributed by atoms with Crippen molar-refractivity contribution in [1.29, 1.82) is 0 Å². The van der Waals surface area contributed by atoms with E-state index >= 15 is 0 Å². The molecule has 0 spiro atoms. The average molecular weight is 220 g/mol. The summed E-state index contributed by atoms with van der Waals surface area (Å²) in [5.74, 6) is -0.867. The zero-order chi connectivity index (χ0) is 11.7. The van der Waals surface area contributed by atoms with Gasteiger partial charge in [-0.15, -0.1) is 0 Å². The maximum atomic E-state index is 10.7. The van der Waals surface area contributed by atoms with Crippen LogP contribution in [0.1, 0.15) is 5.69 Å². The molecule has 0 saturated carbocycles. The number of anilines is 1. The number of rotatable bonds is 3. The average Bonchev–Trinajstić information content (AvgIpc) is 2.59. The molecule has 0 aliphatic carbocycles. The molecular weight excluding hydrogens is 208 g/mol. The Morgan fingerprint density at radius 2 is 2.31 bits per heavy atom. The second-order valence-corrected chi connectivity index (χ2v) is 3.67. The van der Waals surface area contributed by atoms with Gasteiger partial charge >= 0.3 is 5.97 Å². The summed E-state index contributed by atoms with van der Waals surface area (Å²) in [6.07, 6.45) is 0. The van der Waals surface area contributed by atoms with Gasteiger partial charge in [-0.25, -0.2) is 0 Å². The van der Waals surface area contributed by atoms with Gasteiger partial charge in [0.15, 0.2) is 5.58 Å². The van der Waals surface area contributed by atoms with Crippen molar-refractivity contribution >= 4 is 22.6 Å². The third-order valence-electron chi connectivity index (χ3n) is 2.43. The Labute approximate surface area is 92.3 Å².